The Balaban J connectivity index is 2.74. The molecule has 1 amide bonds. The Morgan fingerprint density at radius 1 is 1.43 bits per heavy atom. The number of carbonyl (C=O) groups excluding carboxylic acids is 1. The summed E-state index contributed by atoms with van der Waals surface area (Å²) in [5, 5.41) is 2.31. The molecule has 0 fully saturated rings. The Kier molecular flexibility index (Phi) is 2.11. The zero-order chi connectivity index (χ0) is 10.5. The van der Waals surface area contributed by atoms with E-state index in [4.69, 9.17) is 0 Å². The lowest BCUT2D eigenvalue weighted by Crippen LogP contribution is -2.21. The lowest BCUT2D eigenvalue weighted by atomic mass is 10.2. The van der Waals surface area contributed by atoms with Crippen LogP contribution in [0, 0.1) is 11.6 Å². The van der Waals surface area contributed by atoms with Gasteiger partial charge < -0.3 is 5.32 Å². The van der Waals surface area contributed by atoms with E-state index in [1.807, 2.05) is 0 Å². The van der Waals surface area contributed by atoms with E-state index < -0.39 is 20.8 Å². The van der Waals surface area contributed by atoms with Gasteiger partial charge in [0.05, 0.1) is 11.8 Å². The van der Waals surface area contributed by atoms with Crippen LogP contribution in [0.1, 0.15) is 5.56 Å². The highest BCUT2D eigenvalue weighted by Crippen LogP contribution is 2.47. The minimum atomic E-state index is -1.44. The molecular formula is C7H2Br2F2N2O. The number of aromatic nitrogens is 1. The van der Waals surface area contributed by atoms with Gasteiger partial charge in [-0.2, -0.15) is 0 Å². The number of rotatable bonds is 0. The molecule has 0 aromatic carbocycles. The second-order valence-corrected chi connectivity index (χ2v) is 6.12. The zero-order valence-electron chi connectivity index (χ0n) is 6.44. The fraction of sp³-hybridized carbons (Fsp3) is 0.143. The second kappa shape index (κ2) is 2.96. The largest absolute Gasteiger partial charge is 0.308 e. The van der Waals surface area contributed by atoms with Crippen molar-refractivity contribution in [2.75, 3.05) is 5.32 Å². The fourth-order valence-electron chi connectivity index (χ4n) is 1.15. The van der Waals surface area contributed by atoms with Crippen LogP contribution in [0.5, 0.6) is 0 Å². The van der Waals surface area contributed by atoms with Crippen LogP contribution in [-0.2, 0) is 8.03 Å². The third-order valence-corrected chi connectivity index (χ3v) is 3.32. The molecule has 1 N–H and O–H groups in total. The van der Waals surface area contributed by atoms with Crippen molar-refractivity contribution in [3.8, 4) is 0 Å². The van der Waals surface area contributed by atoms with Crippen molar-refractivity contribution in [2.45, 2.75) is 3.23 Å². The number of amides is 1. The summed E-state index contributed by atoms with van der Waals surface area (Å²) in [5.74, 6) is -2.71. The highest BCUT2D eigenvalue weighted by Gasteiger charge is 2.46. The Hall–Kier alpha value is -0.560. The molecule has 0 radical (unpaired) electrons. The van der Waals surface area contributed by atoms with Crippen LogP contribution in [-0.4, -0.2) is 10.9 Å². The van der Waals surface area contributed by atoms with Gasteiger partial charge in [-0.3, -0.25) is 4.79 Å². The molecule has 0 saturated heterocycles. The Bertz CT molecular complexity index is 436. The van der Waals surface area contributed by atoms with Gasteiger partial charge in [0.1, 0.15) is 5.82 Å². The SMILES string of the molecule is O=C1Nc2ncc(F)c(F)c2C1(Br)Br. The monoisotopic (exact) mass is 326 g/mol. The van der Waals surface area contributed by atoms with Crippen LogP contribution in [0.15, 0.2) is 6.20 Å². The van der Waals surface area contributed by atoms with Gasteiger partial charge in [0.15, 0.2) is 14.9 Å². The first-order chi connectivity index (χ1) is 6.44. The third kappa shape index (κ3) is 1.18. The molecule has 74 valence electrons. The van der Waals surface area contributed by atoms with Gasteiger partial charge in [-0.25, -0.2) is 13.8 Å². The summed E-state index contributed by atoms with van der Waals surface area (Å²) in [4.78, 5) is 14.8. The predicted octanol–water partition coefficient (Wildman–Crippen LogP) is 2.25. The number of hydrogen-bond acceptors (Lipinski definition) is 2. The lowest BCUT2D eigenvalue weighted by Gasteiger charge is -2.10. The van der Waals surface area contributed by atoms with E-state index in [0.29, 0.717) is 0 Å². The van der Waals surface area contributed by atoms with Crippen molar-refractivity contribution in [1.82, 2.24) is 4.98 Å². The van der Waals surface area contributed by atoms with E-state index in [0.717, 1.165) is 6.20 Å². The number of nitrogens with one attached hydrogen (secondary N) is 1. The molecule has 1 aromatic heterocycles. The molecule has 0 atom stereocenters. The number of fused-ring (bicyclic) bond motifs is 1. The van der Waals surface area contributed by atoms with E-state index in [2.05, 4.69) is 42.2 Å². The molecule has 0 unspecified atom stereocenters. The first-order valence-corrected chi connectivity index (χ1v) is 5.07. The summed E-state index contributed by atoms with van der Waals surface area (Å²) in [5.41, 5.74) is -0.164. The molecule has 1 aromatic rings. The van der Waals surface area contributed by atoms with E-state index in [1.54, 1.807) is 0 Å². The molecule has 0 saturated carbocycles. The molecule has 2 heterocycles. The number of hydrogen-bond donors (Lipinski definition) is 1. The van der Waals surface area contributed by atoms with Crippen molar-refractivity contribution < 1.29 is 13.6 Å². The van der Waals surface area contributed by atoms with Gasteiger partial charge >= 0.3 is 0 Å². The molecule has 2 rings (SSSR count). The molecular weight excluding hydrogens is 326 g/mol. The molecule has 0 aliphatic carbocycles. The number of pyridine rings is 1. The smallest absolute Gasteiger partial charge is 0.258 e. The minimum absolute atomic E-state index is 0.0163. The Labute approximate surface area is 94.2 Å². The van der Waals surface area contributed by atoms with Gasteiger partial charge in [0.2, 0.25) is 0 Å². The quantitative estimate of drug-likeness (QED) is 0.743. The fourth-order valence-corrected chi connectivity index (χ4v) is 2.07. The van der Waals surface area contributed by atoms with Crippen LogP contribution < -0.4 is 5.32 Å². The molecule has 1 aliphatic heterocycles. The van der Waals surface area contributed by atoms with Gasteiger partial charge in [0.25, 0.3) is 5.91 Å². The standard InChI is InChI=1S/C7H2Br2F2N2O/c8-7(9)3-4(11)2(10)1-12-5(3)13-6(7)14/h1H,(H,12,13,14). The third-order valence-electron chi connectivity index (χ3n) is 1.80. The maximum atomic E-state index is 13.3. The molecule has 0 spiro atoms. The molecule has 7 heteroatoms. The highest BCUT2D eigenvalue weighted by molar-refractivity contribution is 9.25. The van der Waals surface area contributed by atoms with Gasteiger partial charge in [-0.05, 0) is 0 Å². The number of nitrogens with zero attached hydrogens (tertiary/aromatic N) is 1. The number of carbonyl (C=O) groups is 1. The summed E-state index contributed by atoms with van der Waals surface area (Å²) in [6, 6.07) is 0. The van der Waals surface area contributed by atoms with Crippen LogP contribution in [0.25, 0.3) is 0 Å². The number of halogens is 4. The van der Waals surface area contributed by atoms with E-state index in [-0.39, 0.29) is 11.4 Å². The lowest BCUT2D eigenvalue weighted by molar-refractivity contribution is -0.115. The summed E-state index contributed by atoms with van der Waals surface area (Å²) in [7, 11) is 0. The molecule has 1 aliphatic rings. The highest BCUT2D eigenvalue weighted by atomic mass is 79.9. The molecule has 3 nitrogen and oxygen atoms in total. The van der Waals surface area contributed by atoms with E-state index in [1.165, 1.54) is 0 Å². The summed E-state index contributed by atoms with van der Waals surface area (Å²) < 4.78 is 24.7. The van der Waals surface area contributed by atoms with Gasteiger partial charge in [-0.1, -0.05) is 31.9 Å². The first kappa shape index (κ1) is 9.97. The van der Waals surface area contributed by atoms with Gasteiger partial charge in [-0.15, -0.1) is 0 Å². The maximum Gasteiger partial charge on any atom is 0.258 e. The number of anilines is 1. The van der Waals surface area contributed by atoms with Crippen LogP contribution in [0.3, 0.4) is 0 Å². The topological polar surface area (TPSA) is 42.0 Å². The van der Waals surface area contributed by atoms with Crippen LogP contribution >= 0.6 is 31.9 Å². The summed E-state index contributed by atoms with van der Waals surface area (Å²) >= 11 is 5.90. The second-order valence-electron chi connectivity index (χ2n) is 2.67. The predicted molar refractivity (Wildman–Crippen MR) is 52.3 cm³/mol. The van der Waals surface area contributed by atoms with Gasteiger partial charge in [0, 0.05) is 0 Å². The van der Waals surface area contributed by atoms with Crippen LogP contribution in [0.2, 0.25) is 0 Å². The Morgan fingerprint density at radius 3 is 2.71 bits per heavy atom. The van der Waals surface area contributed by atoms with Crippen molar-refractivity contribution in [3.05, 3.63) is 23.4 Å². The number of alkyl halides is 2. The average Bonchev–Trinajstić information content (AvgIpc) is 2.32. The Morgan fingerprint density at radius 2 is 2.07 bits per heavy atom. The normalized spacial score (nSPS) is 17.9. The minimum Gasteiger partial charge on any atom is -0.308 e. The van der Waals surface area contributed by atoms with Crippen LogP contribution in [0.4, 0.5) is 14.6 Å². The molecule has 14 heavy (non-hydrogen) atoms. The summed E-state index contributed by atoms with van der Waals surface area (Å²) in [6.45, 7) is 0. The van der Waals surface area contributed by atoms with E-state index in [9.17, 15) is 13.6 Å². The zero-order valence-corrected chi connectivity index (χ0v) is 9.62. The van der Waals surface area contributed by atoms with Crippen molar-refractivity contribution in [2.24, 2.45) is 0 Å². The van der Waals surface area contributed by atoms with Crippen molar-refractivity contribution in [3.63, 3.8) is 0 Å². The average molecular weight is 328 g/mol. The maximum absolute atomic E-state index is 13.3. The first-order valence-electron chi connectivity index (χ1n) is 3.48. The summed E-state index contributed by atoms with van der Waals surface area (Å²) in [6.07, 6.45) is 0.718. The van der Waals surface area contributed by atoms with Crippen molar-refractivity contribution in [1.29, 1.82) is 0 Å². The van der Waals surface area contributed by atoms with Crippen molar-refractivity contribution >= 4 is 43.6 Å². The molecule has 0 bridgehead atoms. The van der Waals surface area contributed by atoms with E-state index >= 15 is 0 Å².